The lowest BCUT2D eigenvalue weighted by molar-refractivity contribution is -0.136. The van der Waals surface area contributed by atoms with Crippen LogP contribution in [0.5, 0.6) is 0 Å². The van der Waals surface area contributed by atoms with E-state index >= 15 is 0 Å². The Kier molecular flexibility index (Phi) is 7.42. The van der Waals surface area contributed by atoms with E-state index in [-0.39, 0.29) is 25.0 Å². The van der Waals surface area contributed by atoms with Gasteiger partial charge in [0.15, 0.2) is 0 Å². The predicted molar refractivity (Wildman–Crippen MR) is 54.8 cm³/mol. The Morgan fingerprint density at radius 2 is 1.79 bits per heavy atom. The van der Waals surface area contributed by atoms with Crippen molar-refractivity contribution in [2.45, 2.75) is 26.7 Å². The first kappa shape index (κ1) is 13.4. The number of aliphatic hydroxyl groups is 2. The lowest BCUT2D eigenvalue weighted by Crippen LogP contribution is -2.39. The second-order valence-electron chi connectivity index (χ2n) is 3.46. The predicted octanol–water partition coefficient (Wildman–Crippen LogP) is 0.236. The highest BCUT2D eigenvalue weighted by Crippen LogP contribution is 2.09. The van der Waals surface area contributed by atoms with Crippen LogP contribution in [-0.2, 0) is 4.79 Å². The van der Waals surface area contributed by atoms with Gasteiger partial charge < -0.3 is 15.1 Å². The summed E-state index contributed by atoms with van der Waals surface area (Å²) in [7, 11) is 0. The van der Waals surface area contributed by atoms with E-state index < -0.39 is 0 Å². The van der Waals surface area contributed by atoms with Gasteiger partial charge in [0.1, 0.15) is 0 Å². The highest BCUT2D eigenvalue weighted by molar-refractivity contribution is 5.78. The molecule has 1 unspecified atom stereocenters. The first-order valence-corrected chi connectivity index (χ1v) is 5.17. The lowest BCUT2D eigenvalue weighted by atomic mass is 10.0. The monoisotopic (exact) mass is 203 g/mol. The van der Waals surface area contributed by atoms with Crippen molar-refractivity contribution in [3.05, 3.63) is 0 Å². The fourth-order valence-electron chi connectivity index (χ4n) is 1.44. The molecular weight excluding hydrogens is 182 g/mol. The first-order chi connectivity index (χ1) is 6.67. The van der Waals surface area contributed by atoms with E-state index in [0.717, 1.165) is 12.8 Å². The van der Waals surface area contributed by atoms with Gasteiger partial charge in [-0.1, -0.05) is 20.3 Å². The smallest absolute Gasteiger partial charge is 0.225 e. The fraction of sp³-hybridized carbons (Fsp3) is 0.900. The summed E-state index contributed by atoms with van der Waals surface area (Å²) < 4.78 is 0. The van der Waals surface area contributed by atoms with Crippen LogP contribution in [0, 0.1) is 5.92 Å². The maximum atomic E-state index is 11.7. The van der Waals surface area contributed by atoms with E-state index in [9.17, 15) is 4.79 Å². The number of nitrogens with zero attached hydrogens (tertiary/aromatic N) is 1. The van der Waals surface area contributed by atoms with Crippen LogP contribution in [0.3, 0.4) is 0 Å². The molecule has 0 aromatic rings. The van der Waals surface area contributed by atoms with Crippen molar-refractivity contribution in [2.24, 2.45) is 5.92 Å². The van der Waals surface area contributed by atoms with E-state index in [4.69, 9.17) is 10.2 Å². The van der Waals surface area contributed by atoms with Gasteiger partial charge in [0.05, 0.1) is 13.2 Å². The van der Waals surface area contributed by atoms with Gasteiger partial charge >= 0.3 is 0 Å². The van der Waals surface area contributed by atoms with Gasteiger partial charge in [0.25, 0.3) is 0 Å². The van der Waals surface area contributed by atoms with Gasteiger partial charge in [-0.15, -0.1) is 0 Å². The van der Waals surface area contributed by atoms with Crippen LogP contribution in [0.15, 0.2) is 0 Å². The van der Waals surface area contributed by atoms with Crippen LogP contribution in [0.1, 0.15) is 26.7 Å². The summed E-state index contributed by atoms with van der Waals surface area (Å²) in [4.78, 5) is 13.2. The number of hydrogen-bond acceptors (Lipinski definition) is 3. The molecule has 0 fully saturated rings. The Hall–Kier alpha value is -0.610. The van der Waals surface area contributed by atoms with E-state index in [0.29, 0.717) is 13.1 Å². The molecule has 0 aromatic heterocycles. The summed E-state index contributed by atoms with van der Waals surface area (Å²) in [6, 6.07) is 0. The highest BCUT2D eigenvalue weighted by Gasteiger charge is 2.18. The number of aliphatic hydroxyl groups excluding tert-OH is 2. The van der Waals surface area contributed by atoms with Crippen LogP contribution >= 0.6 is 0 Å². The topological polar surface area (TPSA) is 60.8 Å². The van der Waals surface area contributed by atoms with Crippen LogP contribution in [0.4, 0.5) is 0 Å². The molecule has 0 heterocycles. The second kappa shape index (κ2) is 7.76. The molecule has 1 atom stereocenters. The molecule has 1 amide bonds. The molecule has 0 aromatic carbocycles. The van der Waals surface area contributed by atoms with E-state index in [1.165, 1.54) is 4.90 Å². The van der Waals surface area contributed by atoms with Crippen LogP contribution < -0.4 is 0 Å². The first-order valence-electron chi connectivity index (χ1n) is 5.17. The molecule has 0 spiro atoms. The number of carbonyl (C=O) groups is 1. The third-order valence-corrected chi connectivity index (χ3v) is 2.19. The van der Waals surface area contributed by atoms with Gasteiger partial charge in [-0.3, -0.25) is 4.79 Å². The lowest BCUT2D eigenvalue weighted by Gasteiger charge is -2.24. The number of rotatable bonds is 7. The maximum absolute atomic E-state index is 11.7. The summed E-state index contributed by atoms with van der Waals surface area (Å²) in [5, 5.41) is 17.5. The molecule has 0 aliphatic heterocycles. The second-order valence-corrected chi connectivity index (χ2v) is 3.46. The number of hydrogen-bond donors (Lipinski definition) is 2. The minimum Gasteiger partial charge on any atom is -0.395 e. The van der Waals surface area contributed by atoms with Crippen LogP contribution in [-0.4, -0.2) is 47.3 Å². The Bertz CT molecular complexity index is 155. The number of amides is 1. The molecule has 0 saturated heterocycles. The van der Waals surface area contributed by atoms with Crippen molar-refractivity contribution in [3.8, 4) is 0 Å². The highest BCUT2D eigenvalue weighted by atomic mass is 16.3. The molecule has 0 rings (SSSR count). The molecule has 0 bridgehead atoms. The van der Waals surface area contributed by atoms with Crippen molar-refractivity contribution < 1.29 is 15.0 Å². The third kappa shape index (κ3) is 4.58. The molecule has 0 aliphatic rings. The van der Waals surface area contributed by atoms with Gasteiger partial charge in [-0.05, 0) is 6.42 Å². The van der Waals surface area contributed by atoms with Crippen molar-refractivity contribution >= 4 is 5.91 Å². The SMILES string of the molecule is CCCC(C)C(=O)N(CCO)CCO. The van der Waals surface area contributed by atoms with Gasteiger partial charge in [-0.2, -0.15) is 0 Å². The standard InChI is InChI=1S/C10H21NO3/c1-3-4-9(2)10(14)11(5-7-12)6-8-13/h9,12-13H,3-8H2,1-2H3. The van der Waals surface area contributed by atoms with E-state index in [1.54, 1.807) is 0 Å². The minimum absolute atomic E-state index is 0.0156. The van der Waals surface area contributed by atoms with Crippen LogP contribution in [0.2, 0.25) is 0 Å². The van der Waals surface area contributed by atoms with Crippen molar-refractivity contribution in [3.63, 3.8) is 0 Å². The number of carbonyl (C=O) groups excluding carboxylic acids is 1. The van der Waals surface area contributed by atoms with Crippen LogP contribution in [0.25, 0.3) is 0 Å². The Morgan fingerprint density at radius 3 is 2.14 bits per heavy atom. The average molecular weight is 203 g/mol. The minimum atomic E-state index is -0.0510. The molecular formula is C10H21NO3. The molecule has 0 radical (unpaired) electrons. The fourth-order valence-corrected chi connectivity index (χ4v) is 1.44. The molecule has 14 heavy (non-hydrogen) atoms. The van der Waals surface area contributed by atoms with Gasteiger partial charge in [0, 0.05) is 19.0 Å². The van der Waals surface area contributed by atoms with Gasteiger partial charge in [0.2, 0.25) is 5.91 Å². The summed E-state index contributed by atoms with van der Waals surface area (Å²) in [5.74, 6) is 0.00745. The molecule has 0 aliphatic carbocycles. The Morgan fingerprint density at radius 1 is 1.29 bits per heavy atom. The molecule has 4 nitrogen and oxygen atoms in total. The molecule has 84 valence electrons. The largest absolute Gasteiger partial charge is 0.395 e. The van der Waals surface area contributed by atoms with Crippen molar-refractivity contribution in [1.29, 1.82) is 0 Å². The summed E-state index contributed by atoms with van der Waals surface area (Å²) in [6.45, 7) is 4.44. The Labute approximate surface area is 85.5 Å². The Balaban J connectivity index is 4.11. The van der Waals surface area contributed by atoms with E-state index in [2.05, 4.69) is 0 Å². The summed E-state index contributed by atoms with van der Waals surface area (Å²) in [5.41, 5.74) is 0. The summed E-state index contributed by atoms with van der Waals surface area (Å²) >= 11 is 0. The zero-order valence-corrected chi connectivity index (χ0v) is 9.07. The molecule has 0 saturated carbocycles. The normalized spacial score (nSPS) is 12.6. The average Bonchev–Trinajstić information content (AvgIpc) is 2.17. The zero-order chi connectivity index (χ0) is 11.0. The molecule has 2 N–H and O–H groups in total. The zero-order valence-electron chi connectivity index (χ0n) is 9.07. The molecule has 4 heteroatoms. The maximum Gasteiger partial charge on any atom is 0.225 e. The van der Waals surface area contributed by atoms with Crippen molar-refractivity contribution in [2.75, 3.05) is 26.3 Å². The van der Waals surface area contributed by atoms with Crippen molar-refractivity contribution in [1.82, 2.24) is 4.90 Å². The third-order valence-electron chi connectivity index (χ3n) is 2.19. The van der Waals surface area contributed by atoms with E-state index in [1.807, 2.05) is 13.8 Å². The summed E-state index contributed by atoms with van der Waals surface area (Å²) in [6.07, 6.45) is 1.82. The quantitative estimate of drug-likeness (QED) is 0.623. The van der Waals surface area contributed by atoms with Gasteiger partial charge in [-0.25, -0.2) is 0 Å².